The van der Waals surface area contributed by atoms with Gasteiger partial charge in [-0.1, -0.05) is 177 Å². The number of carbonyl (C=O) groups is 2. The van der Waals surface area contributed by atoms with Crippen LogP contribution in [0.3, 0.4) is 0 Å². The number of carboxylic acids is 1. The van der Waals surface area contributed by atoms with Crippen molar-refractivity contribution >= 4 is 11.9 Å². The van der Waals surface area contributed by atoms with E-state index >= 15 is 0 Å². The quantitative estimate of drug-likeness (QED) is 0.0410. The van der Waals surface area contributed by atoms with Gasteiger partial charge >= 0.3 is 11.9 Å². The zero-order valence-corrected chi connectivity index (χ0v) is 31.5. The lowest BCUT2D eigenvalue weighted by atomic mass is 10.0. The molecular formula is C44H76O4. The highest BCUT2D eigenvalue weighted by atomic mass is 16.5. The summed E-state index contributed by atoms with van der Waals surface area (Å²) in [6.07, 6.45) is 53.8. The fraction of sp³-hybridized carbons (Fsp3) is 0.727. The van der Waals surface area contributed by atoms with Crippen LogP contribution in [-0.2, 0) is 14.3 Å². The smallest absolute Gasteiger partial charge is 0.306 e. The van der Waals surface area contributed by atoms with E-state index in [2.05, 4.69) is 74.6 Å². The normalized spacial score (nSPS) is 12.9. The topological polar surface area (TPSA) is 63.6 Å². The van der Waals surface area contributed by atoms with Crippen LogP contribution < -0.4 is 0 Å². The van der Waals surface area contributed by atoms with Crippen LogP contribution in [0.25, 0.3) is 0 Å². The molecule has 0 aliphatic heterocycles. The maximum atomic E-state index is 12.5. The lowest BCUT2D eigenvalue weighted by Gasteiger charge is -2.18. The molecule has 1 unspecified atom stereocenters. The van der Waals surface area contributed by atoms with E-state index < -0.39 is 5.97 Å². The van der Waals surface area contributed by atoms with E-state index in [9.17, 15) is 9.59 Å². The van der Waals surface area contributed by atoms with Crippen LogP contribution in [0, 0.1) is 0 Å². The summed E-state index contributed by atoms with van der Waals surface area (Å²) in [6, 6.07) is 0. The Morgan fingerprint density at radius 1 is 0.479 bits per heavy atom. The Morgan fingerprint density at radius 3 is 1.31 bits per heavy atom. The lowest BCUT2D eigenvalue weighted by molar-refractivity contribution is -0.150. The number of esters is 1. The molecule has 276 valence electrons. The summed E-state index contributed by atoms with van der Waals surface area (Å²) < 4.78 is 5.81. The summed E-state index contributed by atoms with van der Waals surface area (Å²) in [5.41, 5.74) is 0. The number of rotatable bonds is 36. The molecule has 0 aromatic carbocycles. The monoisotopic (exact) mass is 669 g/mol. The van der Waals surface area contributed by atoms with Crippen molar-refractivity contribution in [3.8, 4) is 0 Å². The van der Waals surface area contributed by atoms with Crippen molar-refractivity contribution in [1.82, 2.24) is 0 Å². The molecule has 0 aromatic rings. The number of carboxylic acid groups (broad SMARTS) is 1. The van der Waals surface area contributed by atoms with E-state index in [-0.39, 0.29) is 18.5 Å². The maximum Gasteiger partial charge on any atom is 0.306 e. The van der Waals surface area contributed by atoms with Crippen LogP contribution in [0.5, 0.6) is 0 Å². The van der Waals surface area contributed by atoms with Crippen molar-refractivity contribution in [2.75, 3.05) is 0 Å². The Kier molecular flexibility index (Phi) is 37.2. The van der Waals surface area contributed by atoms with Crippen LogP contribution in [0.15, 0.2) is 60.8 Å². The molecule has 0 aliphatic carbocycles. The first-order valence-electron chi connectivity index (χ1n) is 20.3. The van der Waals surface area contributed by atoms with Crippen molar-refractivity contribution in [1.29, 1.82) is 0 Å². The number of allylic oxidation sites excluding steroid dienone is 10. The standard InChI is InChI=1S/C44H76O4/c1-3-5-7-9-11-13-15-17-19-21-23-25-27-29-31-33-35-38-42(39-37-40-43(45)46)48-44(47)41-36-34-32-30-28-26-24-22-20-18-16-14-12-10-8-6-4-2/h6,8,12,14,18,20,24,26,30,32,42H,3-5,7,9-11,13,15-17,19,21-23,25,27-29,31,33-41H2,1-2H3,(H,45,46)/b8-6-,14-12-,20-18-,26-24-,32-30-. The van der Waals surface area contributed by atoms with E-state index in [0.29, 0.717) is 19.3 Å². The number of hydrogen-bond acceptors (Lipinski definition) is 3. The zero-order chi connectivity index (χ0) is 35.0. The number of aliphatic carboxylic acids is 1. The number of carbonyl (C=O) groups excluding carboxylic acids is 1. The Hall–Kier alpha value is -2.36. The van der Waals surface area contributed by atoms with Crippen molar-refractivity contribution < 1.29 is 19.4 Å². The third-order valence-electron chi connectivity index (χ3n) is 8.75. The van der Waals surface area contributed by atoms with Gasteiger partial charge in [0.15, 0.2) is 0 Å². The molecule has 0 aromatic heterocycles. The maximum absolute atomic E-state index is 12.5. The van der Waals surface area contributed by atoms with Crippen molar-refractivity contribution in [3.63, 3.8) is 0 Å². The van der Waals surface area contributed by atoms with E-state index in [1.165, 1.54) is 96.3 Å². The molecule has 0 amide bonds. The van der Waals surface area contributed by atoms with Gasteiger partial charge < -0.3 is 9.84 Å². The summed E-state index contributed by atoms with van der Waals surface area (Å²) in [5, 5.41) is 9.03. The second-order valence-electron chi connectivity index (χ2n) is 13.4. The van der Waals surface area contributed by atoms with Crippen molar-refractivity contribution in [2.45, 2.75) is 206 Å². The van der Waals surface area contributed by atoms with Gasteiger partial charge in [0.2, 0.25) is 0 Å². The largest absolute Gasteiger partial charge is 0.481 e. The van der Waals surface area contributed by atoms with Crippen molar-refractivity contribution in [2.24, 2.45) is 0 Å². The number of ether oxygens (including phenoxy) is 1. The van der Waals surface area contributed by atoms with Gasteiger partial charge in [-0.2, -0.15) is 0 Å². The molecule has 0 saturated carbocycles. The molecule has 1 N–H and O–H groups in total. The highest BCUT2D eigenvalue weighted by Gasteiger charge is 2.15. The first-order chi connectivity index (χ1) is 23.6. The second-order valence-corrected chi connectivity index (χ2v) is 13.4. The molecule has 0 saturated heterocycles. The average molecular weight is 669 g/mol. The molecular weight excluding hydrogens is 592 g/mol. The predicted molar refractivity (Wildman–Crippen MR) is 208 cm³/mol. The molecule has 48 heavy (non-hydrogen) atoms. The minimum absolute atomic E-state index is 0.136. The van der Waals surface area contributed by atoms with E-state index in [1.54, 1.807) is 0 Å². The van der Waals surface area contributed by atoms with Crippen LogP contribution in [-0.4, -0.2) is 23.1 Å². The summed E-state index contributed by atoms with van der Waals surface area (Å²) in [6.45, 7) is 4.43. The molecule has 0 aliphatic rings. The van der Waals surface area contributed by atoms with Gasteiger partial charge in [0.05, 0.1) is 0 Å². The SMILES string of the molecule is CC/C=C\C/C=C\C/C=C\C/C=C\C/C=C\CCCC(=O)OC(CCCCCCCCCCCCCCCCCCC)CCCC(=O)O. The molecule has 0 fully saturated rings. The van der Waals surface area contributed by atoms with Crippen LogP contribution in [0.2, 0.25) is 0 Å². The first-order valence-corrected chi connectivity index (χ1v) is 20.3. The van der Waals surface area contributed by atoms with E-state index in [0.717, 1.165) is 64.2 Å². The number of hydrogen-bond donors (Lipinski definition) is 1. The molecule has 0 radical (unpaired) electrons. The van der Waals surface area contributed by atoms with E-state index in [1.807, 2.05) is 0 Å². The summed E-state index contributed by atoms with van der Waals surface area (Å²) in [4.78, 5) is 23.5. The van der Waals surface area contributed by atoms with Crippen LogP contribution in [0.1, 0.15) is 200 Å². The zero-order valence-electron chi connectivity index (χ0n) is 31.5. The third-order valence-corrected chi connectivity index (χ3v) is 8.75. The van der Waals surface area contributed by atoms with Gasteiger partial charge in [-0.25, -0.2) is 0 Å². The highest BCUT2D eigenvalue weighted by molar-refractivity contribution is 5.69. The van der Waals surface area contributed by atoms with Gasteiger partial charge in [0, 0.05) is 12.8 Å². The summed E-state index contributed by atoms with van der Waals surface area (Å²) in [7, 11) is 0. The predicted octanol–water partition coefficient (Wildman–Crippen LogP) is 14.1. The minimum Gasteiger partial charge on any atom is -0.481 e. The van der Waals surface area contributed by atoms with Gasteiger partial charge in [-0.3, -0.25) is 9.59 Å². The van der Waals surface area contributed by atoms with E-state index in [4.69, 9.17) is 9.84 Å². The fourth-order valence-electron chi connectivity index (χ4n) is 5.82. The molecule has 0 spiro atoms. The average Bonchev–Trinajstić information content (AvgIpc) is 3.07. The van der Waals surface area contributed by atoms with Crippen molar-refractivity contribution in [3.05, 3.63) is 60.8 Å². The molecule has 0 heterocycles. The van der Waals surface area contributed by atoms with Crippen LogP contribution >= 0.6 is 0 Å². The Bertz CT molecular complexity index is 850. The lowest BCUT2D eigenvalue weighted by Crippen LogP contribution is -2.18. The minimum atomic E-state index is -0.782. The van der Waals surface area contributed by atoms with Gasteiger partial charge in [-0.15, -0.1) is 0 Å². The molecule has 4 heteroatoms. The Labute approximate surface area is 297 Å². The number of unbranched alkanes of at least 4 members (excludes halogenated alkanes) is 17. The third kappa shape index (κ3) is 38.1. The Morgan fingerprint density at radius 2 is 0.875 bits per heavy atom. The second kappa shape index (κ2) is 39.1. The molecule has 4 nitrogen and oxygen atoms in total. The molecule has 1 atom stereocenters. The fourth-order valence-corrected chi connectivity index (χ4v) is 5.82. The summed E-state index contributed by atoms with van der Waals surface area (Å²) >= 11 is 0. The van der Waals surface area contributed by atoms with Gasteiger partial charge in [-0.05, 0) is 70.6 Å². The van der Waals surface area contributed by atoms with Crippen LogP contribution in [0.4, 0.5) is 0 Å². The van der Waals surface area contributed by atoms with Gasteiger partial charge in [0.25, 0.3) is 0 Å². The summed E-state index contributed by atoms with van der Waals surface area (Å²) in [5.74, 6) is -0.926. The van der Waals surface area contributed by atoms with Gasteiger partial charge in [0.1, 0.15) is 6.10 Å². The Balaban J connectivity index is 3.92. The highest BCUT2D eigenvalue weighted by Crippen LogP contribution is 2.18. The first kappa shape index (κ1) is 45.6. The molecule has 0 rings (SSSR count). The molecule has 0 bridgehead atoms.